The van der Waals surface area contributed by atoms with Crippen LogP contribution in [-0.2, 0) is 11.3 Å². The topological polar surface area (TPSA) is 108 Å². The first-order chi connectivity index (χ1) is 12.0. The molecule has 0 bridgehead atoms. The lowest BCUT2D eigenvalue weighted by atomic mass is 10.1. The number of carbonyl (C=O) groups excluding carboxylic acids is 2. The van der Waals surface area contributed by atoms with Gasteiger partial charge in [-0.2, -0.15) is 5.26 Å². The number of nitrogens with one attached hydrogen (secondary N) is 1. The monoisotopic (exact) mass is 338 g/mol. The van der Waals surface area contributed by atoms with Gasteiger partial charge in [-0.15, -0.1) is 0 Å². The van der Waals surface area contributed by atoms with Gasteiger partial charge in [0.15, 0.2) is 6.61 Å². The first-order valence-corrected chi connectivity index (χ1v) is 7.50. The van der Waals surface area contributed by atoms with Gasteiger partial charge in [0.05, 0.1) is 11.6 Å². The summed E-state index contributed by atoms with van der Waals surface area (Å²) in [5.41, 5.74) is 7.02. The highest BCUT2D eigenvalue weighted by atomic mass is 16.5. The molecule has 0 aliphatic rings. The summed E-state index contributed by atoms with van der Waals surface area (Å²) >= 11 is 0. The van der Waals surface area contributed by atoms with Crippen molar-refractivity contribution in [3.8, 4) is 11.8 Å². The molecule has 2 aromatic carbocycles. The number of benzene rings is 2. The first-order valence-electron chi connectivity index (χ1n) is 7.50. The Morgan fingerprint density at radius 2 is 1.96 bits per heavy atom. The van der Waals surface area contributed by atoms with Gasteiger partial charge >= 0.3 is 6.03 Å². The number of rotatable bonds is 6. The Balaban J connectivity index is 1.92. The summed E-state index contributed by atoms with van der Waals surface area (Å²) < 4.78 is 5.15. The van der Waals surface area contributed by atoms with E-state index in [4.69, 9.17) is 15.7 Å². The number of nitrogens with zero attached hydrogens (tertiary/aromatic N) is 2. The van der Waals surface area contributed by atoms with Gasteiger partial charge in [0, 0.05) is 19.3 Å². The molecule has 25 heavy (non-hydrogen) atoms. The molecule has 7 nitrogen and oxygen atoms in total. The van der Waals surface area contributed by atoms with Crippen molar-refractivity contribution in [1.29, 1.82) is 5.26 Å². The zero-order valence-corrected chi connectivity index (χ0v) is 13.7. The van der Waals surface area contributed by atoms with E-state index in [0.717, 1.165) is 5.56 Å². The number of ether oxygens (including phenoxy) is 1. The molecule has 2 aromatic rings. The number of hydrogen-bond donors (Lipinski definition) is 2. The van der Waals surface area contributed by atoms with Crippen molar-refractivity contribution in [2.75, 3.05) is 19.0 Å². The van der Waals surface area contributed by atoms with Crippen molar-refractivity contribution in [2.24, 2.45) is 5.73 Å². The highest BCUT2D eigenvalue weighted by Crippen LogP contribution is 2.16. The lowest BCUT2D eigenvalue weighted by molar-refractivity contribution is -0.119. The molecule has 7 heteroatoms. The number of nitrogens with two attached hydrogens (primary N) is 1. The molecular formula is C18H18N4O3. The standard InChI is InChI=1S/C18H18N4O3/c1-22(11-14-4-2-3-13(9-14)10-19)18(24)21-15-5-7-16(8-6-15)25-12-17(20)23/h2-9H,11-12H2,1H3,(H2,20,23)(H,21,24). The summed E-state index contributed by atoms with van der Waals surface area (Å²) in [6.45, 7) is 0.178. The molecule has 3 amide bonds. The van der Waals surface area contributed by atoms with Crippen molar-refractivity contribution in [1.82, 2.24) is 4.90 Å². The molecule has 0 heterocycles. The smallest absolute Gasteiger partial charge is 0.321 e. The third kappa shape index (κ3) is 5.55. The van der Waals surface area contributed by atoms with Crippen LogP contribution >= 0.6 is 0 Å². The number of primary amides is 1. The Morgan fingerprint density at radius 3 is 2.60 bits per heavy atom. The lowest BCUT2D eigenvalue weighted by Crippen LogP contribution is -2.30. The third-order valence-electron chi connectivity index (χ3n) is 3.31. The minimum Gasteiger partial charge on any atom is -0.484 e. The van der Waals surface area contributed by atoms with Crippen LogP contribution < -0.4 is 15.8 Å². The second-order valence-electron chi connectivity index (χ2n) is 5.38. The van der Waals surface area contributed by atoms with Crippen LogP contribution in [0.2, 0.25) is 0 Å². The van der Waals surface area contributed by atoms with E-state index in [1.54, 1.807) is 49.5 Å². The van der Waals surface area contributed by atoms with E-state index in [9.17, 15) is 9.59 Å². The van der Waals surface area contributed by atoms with Gasteiger partial charge in [-0.3, -0.25) is 4.79 Å². The number of amides is 3. The second-order valence-corrected chi connectivity index (χ2v) is 5.38. The molecule has 0 radical (unpaired) electrons. The van der Waals surface area contributed by atoms with Gasteiger partial charge in [-0.05, 0) is 42.0 Å². The molecule has 0 saturated heterocycles. The van der Waals surface area contributed by atoms with Crippen molar-refractivity contribution >= 4 is 17.6 Å². The van der Waals surface area contributed by atoms with Crippen molar-refractivity contribution in [2.45, 2.75) is 6.54 Å². The molecule has 0 saturated carbocycles. The zero-order valence-electron chi connectivity index (χ0n) is 13.7. The molecule has 2 rings (SSSR count). The largest absolute Gasteiger partial charge is 0.484 e. The average molecular weight is 338 g/mol. The van der Waals surface area contributed by atoms with Gasteiger partial charge < -0.3 is 20.7 Å². The fraction of sp³-hybridized carbons (Fsp3) is 0.167. The summed E-state index contributed by atoms with van der Waals surface area (Å²) in [7, 11) is 1.67. The fourth-order valence-corrected chi connectivity index (χ4v) is 2.09. The molecule has 0 aromatic heterocycles. The normalized spacial score (nSPS) is 9.76. The van der Waals surface area contributed by atoms with E-state index in [2.05, 4.69) is 11.4 Å². The summed E-state index contributed by atoms with van der Waals surface area (Å²) in [6, 6.07) is 15.5. The van der Waals surface area contributed by atoms with Crippen LogP contribution in [-0.4, -0.2) is 30.5 Å². The molecule has 0 fully saturated rings. The molecule has 0 aliphatic heterocycles. The maximum atomic E-state index is 12.2. The third-order valence-corrected chi connectivity index (χ3v) is 3.31. The number of nitriles is 1. The quantitative estimate of drug-likeness (QED) is 0.840. The van der Waals surface area contributed by atoms with Crippen molar-refractivity contribution in [3.63, 3.8) is 0 Å². The van der Waals surface area contributed by atoms with Crippen LogP contribution in [0.5, 0.6) is 5.75 Å². The van der Waals surface area contributed by atoms with Crippen LogP contribution in [0, 0.1) is 11.3 Å². The van der Waals surface area contributed by atoms with Gasteiger partial charge in [0.25, 0.3) is 5.91 Å². The Labute approximate surface area is 145 Å². The summed E-state index contributed by atoms with van der Waals surface area (Å²) in [4.78, 5) is 24.4. The summed E-state index contributed by atoms with van der Waals surface area (Å²) in [6.07, 6.45) is 0. The van der Waals surface area contributed by atoms with E-state index in [-0.39, 0.29) is 12.6 Å². The molecule has 0 atom stereocenters. The first kappa shape index (κ1) is 17.8. The minimum absolute atomic E-state index is 0.198. The molecular weight excluding hydrogens is 320 g/mol. The molecule has 0 unspecified atom stereocenters. The van der Waals surface area contributed by atoms with E-state index < -0.39 is 5.91 Å². The van der Waals surface area contributed by atoms with Crippen LogP contribution in [0.3, 0.4) is 0 Å². The van der Waals surface area contributed by atoms with E-state index in [0.29, 0.717) is 23.5 Å². The lowest BCUT2D eigenvalue weighted by Gasteiger charge is -2.18. The average Bonchev–Trinajstić information content (AvgIpc) is 2.61. The Bertz CT molecular complexity index is 797. The number of anilines is 1. The fourth-order valence-electron chi connectivity index (χ4n) is 2.09. The Hall–Kier alpha value is -3.53. The Morgan fingerprint density at radius 1 is 1.24 bits per heavy atom. The minimum atomic E-state index is -0.556. The van der Waals surface area contributed by atoms with Crippen LogP contribution in [0.25, 0.3) is 0 Å². The van der Waals surface area contributed by atoms with E-state index >= 15 is 0 Å². The SMILES string of the molecule is CN(Cc1cccc(C#N)c1)C(=O)Nc1ccc(OCC(N)=O)cc1. The molecule has 0 spiro atoms. The van der Waals surface area contributed by atoms with Crippen molar-refractivity contribution in [3.05, 3.63) is 59.7 Å². The maximum Gasteiger partial charge on any atom is 0.321 e. The molecule has 0 aliphatic carbocycles. The van der Waals surface area contributed by atoms with Gasteiger partial charge in [0.1, 0.15) is 5.75 Å². The molecule has 128 valence electrons. The number of carbonyl (C=O) groups is 2. The predicted molar refractivity (Wildman–Crippen MR) is 92.8 cm³/mol. The zero-order chi connectivity index (χ0) is 18.2. The van der Waals surface area contributed by atoms with Gasteiger partial charge in [0.2, 0.25) is 0 Å². The number of hydrogen-bond acceptors (Lipinski definition) is 4. The van der Waals surface area contributed by atoms with Crippen LogP contribution in [0.1, 0.15) is 11.1 Å². The van der Waals surface area contributed by atoms with E-state index in [1.807, 2.05) is 6.07 Å². The Kier molecular flexibility index (Phi) is 5.96. The van der Waals surface area contributed by atoms with Gasteiger partial charge in [-0.1, -0.05) is 12.1 Å². The summed E-state index contributed by atoms with van der Waals surface area (Å²) in [5.74, 6) is -0.0713. The van der Waals surface area contributed by atoms with Gasteiger partial charge in [-0.25, -0.2) is 4.79 Å². The van der Waals surface area contributed by atoms with E-state index in [1.165, 1.54) is 4.90 Å². The highest BCUT2D eigenvalue weighted by molar-refractivity contribution is 5.89. The maximum absolute atomic E-state index is 12.2. The number of urea groups is 1. The van der Waals surface area contributed by atoms with Crippen molar-refractivity contribution < 1.29 is 14.3 Å². The predicted octanol–water partition coefficient (Wildman–Crippen LogP) is 2.09. The summed E-state index contributed by atoms with van der Waals surface area (Å²) in [5, 5.41) is 11.7. The van der Waals surface area contributed by atoms with Crippen LogP contribution in [0.15, 0.2) is 48.5 Å². The highest BCUT2D eigenvalue weighted by Gasteiger charge is 2.10. The molecule has 3 N–H and O–H groups in total. The second kappa shape index (κ2) is 8.36. The van der Waals surface area contributed by atoms with Crippen LogP contribution in [0.4, 0.5) is 10.5 Å².